The fraction of sp³-hybridized carbons (Fsp3) is 0.500. The summed E-state index contributed by atoms with van der Waals surface area (Å²) in [6.45, 7) is 3.92. The van der Waals surface area contributed by atoms with Crippen molar-refractivity contribution in [3.8, 4) is 0 Å². The van der Waals surface area contributed by atoms with Gasteiger partial charge in [-0.2, -0.15) is 0 Å². The first-order valence-electron chi connectivity index (χ1n) is 6.63. The van der Waals surface area contributed by atoms with E-state index < -0.39 is 0 Å². The molecule has 0 bridgehead atoms. The van der Waals surface area contributed by atoms with E-state index >= 15 is 0 Å². The number of halogens is 2. The predicted octanol–water partition coefficient (Wildman–Crippen LogP) is 2.03. The molecule has 0 aliphatic carbocycles. The Morgan fingerprint density at radius 3 is 2.75 bits per heavy atom. The maximum atomic E-state index is 12.4. The van der Waals surface area contributed by atoms with E-state index in [0.717, 1.165) is 19.6 Å². The van der Waals surface area contributed by atoms with Crippen LogP contribution in [-0.4, -0.2) is 47.9 Å². The lowest BCUT2D eigenvalue weighted by molar-refractivity contribution is 0.0571. The van der Waals surface area contributed by atoms with Crippen LogP contribution in [0, 0.1) is 0 Å². The minimum absolute atomic E-state index is 0. The fourth-order valence-electron chi connectivity index (χ4n) is 3.03. The van der Waals surface area contributed by atoms with Crippen molar-refractivity contribution in [2.45, 2.75) is 18.9 Å². The molecular formula is C14H21Cl2N3O. The molecular weight excluding hydrogens is 297 g/mol. The Balaban J connectivity index is 0.000001000. The van der Waals surface area contributed by atoms with E-state index in [9.17, 15) is 4.79 Å². The SMILES string of the molecule is Cl.Cl.Nc1cccc(C(=O)N2CCN3CCCC3C2)c1. The van der Waals surface area contributed by atoms with Gasteiger partial charge >= 0.3 is 0 Å². The Labute approximate surface area is 132 Å². The van der Waals surface area contributed by atoms with Crippen LogP contribution in [0.2, 0.25) is 0 Å². The lowest BCUT2D eigenvalue weighted by Gasteiger charge is -2.37. The zero-order valence-corrected chi connectivity index (χ0v) is 13.0. The number of nitrogens with two attached hydrogens (primary N) is 1. The number of fused-ring (bicyclic) bond motifs is 1. The van der Waals surface area contributed by atoms with Crippen molar-refractivity contribution in [3.05, 3.63) is 29.8 Å². The van der Waals surface area contributed by atoms with Crippen LogP contribution in [-0.2, 0) is 0 Å². The second-order valence-corrected chi connectivity index (χ2v) is 5.21. The van der Waals surface area contributed by atoms with Crippen LogP contribution in [0.25, 0.3) is 0 Å². The van der Waals surface area contributed by atoms with Crippen LogP contribution < -0.4 is 5.73 Å². The highest BCUT2D eigenvalue weighted by molar-refractivity contribution is 5.95. The first kappa shape index (κ1) is 17.1. The van der Waals surface area contributed by atoms with Gasteiger partial charge in [0, 0.05) is 36.9 Å². The number of anilines is 1. The Morgan fingerprint density at radius 1 is 1.20 bits per heavy atom. The molecule has 0 aromatic heterocycles. The van der Waals surface area contributed by atoms with Gasteiger partial charge in [0.1, 0.15) is 0 Å². The zero-order valence-electron chi connectivity index (χ0n) is 11.3. The molecule has 1 atom stereocenters. The summed E-state index contributed by atoms with van der Waals surface area (Å²) in [6, 6.07) is 7.84. The summed E-state index contributed by atoms with van der Waals surface area (Å²) in [5.74, 6) is 0.119. The van der Waals surface area contributed by atoms with Gasteiger partial charge in [-0.1, -0.05) is 6.07 Å². The molecule has 4 nitrogen and oxygen atoms in total. The number of benzene rings is 1. The van der Waals surface area contributed by atoms with Crippen molar-refractivity contribution in [3.63, 3.8) is 0 Å². The summed E-state index contributed by atoms with van der Waals surface area (Å²) >= 11 is 0. The van der Waals surface area contributed by atoms with E-state index in [4.69, 9.17) is 5.73 Å². The third kappa shape index (κ3) is 3.37. The third-order valence-corrected chi connectivity index (χ3v) is 4.01. The molecule has 20 heavy (non-hydrogen) atoms. The molecule has 2 fully saturated rings. The summed E-state index contributed by atoms with van der Waals surface area (Å²) < 4.78 is 0. The van der Waals surface area contributed by atoms with Gasteiger partial charge in [0.05, 0.1) is 0 Å². The third-order valence-electron chi connectivity index (χ3n) is 4.01. The second kappa shape index (κ2) is 7.16. The maximum Gasteiger partial charge on any atom is 0.254 e. The molecule has 2 N–H and O–H groups in total. The number of hydrogen-bond acceptors (Lipinski definition) is 3. The number of nitrogen functional groups attached to an aromatic ring is 1. The Morgan fingerprint density at radius 2 is 2.00 bits per heavy atom. The van der Waals surface area contributed by atoms with Crippen LogP contribution in [0.4, 0.5) is 5.69 Å². The molecule has 3 rings (SSSR count). The lowest BCUT2D eigenvalue weighted by atomic mass is 10.1. The van der Waals surface area contributed by atoms with Crippen LogP contribution >= 0.6 is 24.8 Å². The standard InChI is InChI=1S/C14H19N3O.2ClH/c15-12-4-1-3-11(9-12)14(18)17-8-7-16-6-2-5-13(16)10-17;;/h1,3-4,9,13H,2,5-8,10,15H2;2*1H. The average Bonchev–Trinajstić information content (AvgIpc) is 2.85. The van der Waals surface area contributed by atoms with Gasteiger partial charge in [-0.15, -0.1) is 24.8 Å². The number of amides is 1. The van der Waals surface area contributed by atoms with E-state index in [2.05, 4.69) is 4.90 Å². The molecule has 2 saturated heterocycles. The molecule has 1 amide bonds. The minimum Gasteiger partial charge on any atom is -0.399 e. The van der Waals surface area contributed by atoms with Crippen molar-refractivity contribution in [1.82, 2.24) is 9.80 Å². The zero-order chi connectivity index (χ0) is 12.5. The number of rotatable bonds is 1. The maximum absolute atomic E-state index is 12.4. The lowest BCUT2D eigenvalue weighted by Crippen LogP contribution is -2.52. The number of piperazine rings is 1. The van der Waals surface area contributed by atoms with E-state index in [1.54, 1.807) is 6.07 Å². The van der Waals surface area contributed by atoms with Gasteiger partial charge in [0.15, 0.2) is 0 Å². The predicted molar refractivity (Wildman–Crippen MR) is 85.8 cm³/mol. The van der Waals surface area contributed by atoms with Crippen LogP contribution in [0.1, 0.15) is 23.2 Å². The molecule has 2 aliphatic rings. The molecule has 0 spiro atoms. The van der Waals surface area contributed by atoms with Crippen molar-refractivity contribution in [1.29, 1.82) is 0 Å². The Bertz CT molecular complexity index is 469. The van der Waals surface area contributed by atoms with Crippen LogP contribution in [0.3, 0.4) is 0 Å². The van der Waals surface area contributed by atoms with Gasteiger partial charge in [-0.25, -0.2) is 0 Å². The van der Waals surface area contributed by atoms with Crippen molar-refractivity contribution in [2.75, 3.05) is 31.9 Å². The van der Waals surface area contributed by atoms with Crippen LogP contribution in [0.5, 0.6) is 0 Å². The molecule has 1 aromatic rings. The number of carbonyl (C=O) groups excluding carboxylic acids is 1. The normalized spacial score (nSPS) is 21.6. The van der Waals surface area contributed by atoms with Crippen LogP contribution in [0.15, 0.2) is 24.3 Å². The molecule has 0 radical (unpaired) electrons. The highest BCUT2D eigenvalue weighted by Gasteiger charge is 2.32. The molecule has 1 aromatic carbocycles. The average molecular weight is 318 g/mol. The molecule has 6 heteroatoms. The van der Waals surface area contributed by atoms with Crippen molar-refractivity contribution < 1.29 is 4.79 Å². The summed E-state index contributed by atoms with van der Waals surface area (Å²) in [5.41, 5.74) is 7.10. The summed E-state index contributed by atoms with van der Waals surface area (Å²) in [4.78, 5) is 16.9. The smallest absolute Gasteiger partial charge is 0.254 e. The largest absolute Gasteiger partial charge is 0.399 e. The Kier molecular flexibility index (Phi) is 6.11. The van der Waals surface area contributed by atoms with Crippen molar-refractivity contribution in [2.24, 2.45) is 0 Å². The quantitative estimate of drug-likeness (QED) is 0.806. The number of hydrogen-bond donors (Lipinski definition) is 1. The van der Waals surface area contributed by atoms with Gasteiger partial charge < -0.3 is 10.6 Å². The molecule has 1 unspecified atom stereocenters. The molecule has 0 saturated carbocycles. The number of carbonyl (C=O) groups is 1. The fourth-order valence-corrected chi connectivity index (χ4v) is 3.03. The first-order valence-corrected chi connectivity index (χ1v) is 6.63. The summed E-state index contributed by atoms with van der Waals surface area (Å²) in [7, 11) is 0. The Hall–Kier alpha value is -0.970. The van der Waals surface area contributed by atoms with Gasteiger partial charge in [-0.3, -0.25) is 9.69 Å². The number of nitrogens with zero attached hydrogens (tertiary/aromatic N) is 2. The van der Waals surface area contributed by atoms with E-state index in [1.165, 1.54) is 19.4 Å². The molecule has 2 heterocycles. The van der Waals surface area contributed by atoms with Gasteiger partial charge in [0.25, 0.3) is 5.91 Å². The monoisotopic (exact) mass is 317 g/mol. The van der Waals surface area contributed by atoms with Crippen molar-refractivity contribution >= 4 is 36.4 Å². The second-order valence-electron chi connectivity index (χ2n) is 5.21. The molecule has 112 valence electrons. The van der Waals surface area contributed by atoms with E-state index in [1.807, 2.05) is 23.1 Å². The highest BCUT2D eigenvalue weighted by Crippen LogP contribution is 2.22. The first-order chi connectivity index (χ1) is 8.74. The van der Waals surface area contributed by atoms with Gasteiger partial charge in [-0.05, 0) is 37.6 Å². The topological polar surface area (TPSA) is 49.6 Å². The van der Waals surface area contributed by atoms with E-state index in [0.29, 0.717) is 17.3 Å². The van der Waals surface area contributed by atoms with E-state index in [-0.39, 0.29) is 30.7 Å². The minimum atomic E-state index is 0. The molecule has 2 aliphatic heterocycles. The summed E-state index contributed by atoms with van der Waals surface area (Å²) in [5, 5.41) is 0. The van der Waals surface area contributed by atoms with Gasteiger partial charge in [0.2, 0.25) is 0 Å². The highest BCUT2D eigenvalue weighted by atomic mass is 35.5. The summed E-state index contributed by atoms with van der Waals surface area (Å²) in [6.07, 6.45) is 2.49.